The summed E-state index contributed by atoms with van der Waals surface area (Å²) in [4.78, 5) is 25.9. The average Bonchev–Trinajstić information content (AvgIpc) is 2.62. The Bertz CT molecular complexity index is 499. The van der Waals surface area contributed by atoms with Crippen molar-refractivity contribution in [2.45, 2.75) is 38.8 Å². The number of benzene rings is 1. The number of carbonyl (C=O) groups is 2. The Morgan fingerprint density at radius 2 is 2.00 bits per heavy atom. The highest BCUT2D eigenvalue weighted by molar-refractivity contribution is 5.89. The first-order valence-electron chi connectivity index (χ1n) is 7.35. The molecule has 0 bridgehead atoms. The summed E-state index contributed by atoms with van der Waals surface area (Å²) in [5.41, 5.74) is 1.04. The Kier molecular flexibility index (Phi) is 5.20. The molecular weight excluding hydrogens is 268 g/mol. The molecule has 5 nitrogen and oxygen atoms in total. The fourth-order valence-corrected chi connectivity index (χ4v) is 2.49. The SMILES string of the molecule is CCCC1NC(=O)CCN(Cc2ccc(OC)cc2)C1=O. The number of nitrogens with one attached hydrogen (secondary N) is 1. The van der Waals surface area contributed by atoms with Crippen LogP contribution in [0.2, 0.25) is 0 Å². The third-order valence-corrected chi connectivity index (χ3v) is 3.66. The molecule has 0 spiro atoms. The van der Waals surface area contributed by atoms with Crippen LogP contribution < -0.4 is 10.1 Å². The fourth-order valence-electron chi connectivity index (χ4n) is 2.49. The number of rotatable bonds is 5. The van der Waals surface area contributed by atoms with Crippen LogP contribution in [0.4, 0.5) is 0 Å². The van der Waals surface area contributed by atoms with Gasteiger partial charge in [-0.2, -0.15) is 0 Å². The van der Waals surface area contributed by atoms with Crippen LogP contribution in [-0.4, -0.2) is 36.4 Å². The minimum absolute atomic E-state index is 0.0125. The van der Waals surface area contributed by atoms with Gasteiger partial charge in [-0.15, -0.1) is 0 Å². The van der Waals surface area contributed by atoms with Crippen molar-refractivity contribution in [3.05, 3.63) is 29.8 Å². The Hall–Kier alpha value is -2.04. The second-order valence-corrected chi connectivity index (χ2v) is 5.27. The Morgan fingerprint density at radius 1 is 1.29 bits per heavy atom. The van der Waals surface area contributed by atoms with Crippen molar-refractivity contribution >= 4 is 11.8 Å². The molecule has 1 aromatic rings. The molecule has 1 unspecified atom stereocenters. The van der Waals surface area contributed by atoms with Crippen LogP contribution in [-0.2, 0) is 16.1 Å². The molecule has 2 rings (SSSR count). The lowest BCUT2D eigenvalue weighted by atomic mass is 10.1. The summed E-state index contributed by atoms with van der Waals surface area (Å²) in [6, 6.07) is 7.26. The van der Waals surface area contributed by atoms with Gasteiger partial charge in [0.2, 0.25) is 11.8 Å². The predicted octanol–water partition coefficient (Wildman–Crippen LogP) is 1.71. The van der Waals surface area contributed by atoms with Crippen LogP contribution in [0.1, 0.15) is 31.7 Å². The molecule has 114 valence electrons. The molecule has 21 heavy (non-hydrogen) atoms. The van der Waals surface area contributed by atoms with E-state index in [1.807, 2.05) is 31.2 Å². The quantitative estimate of drug-likeness (QED) is 0.898. The van der Waals surface area contributed by atoms with Crippen LogP contribution in [0.15, 0.2) is 24.3 Å². The molecule has 1 aromatic carbocycles. The molecular formula is C16H22N2O3. The van der Waals surface area contributed by atoms with Gasteiger partial charge in [-0.1, -0.05) is 25.5 Å². The van der Waals surface area contributed by atoms with Crippen molar-refractivity contribution in [2.24, 2.45) is 0 Å². The molecule has 0 radical (unpaired) electrons. The van der Waals surface area contributed by atoms with Crippen LogP contribution >= 0.6 is 0 Å². The molecule has 5 heteroatoms. The zero-order chi connectivity index (χ0) is 15.2. The van der Waals surface area contributed by atoms with Gasteiger partial charge < -0.3 is 15.0 Å². The van der Waals surface area contributed by atoms with E-state index in [-0.39, 0.29) is 17.9 Å². The van der Waals surface area contributed by atoms with Crippen molar-refractivity contribution in [1.82, 2.24) is 10.2 Å². The van der Waals surface area contributed by atoms with Crippen LogP contribution in [0.5, 0.6) is 5.75 Å². The highest BCUT2D eigenvalue weighted by Gasteiger charge is 2.28. The zero-order valence-electron chi connectivity index (χ0n) is 12.6. The Morgan fingerprint density at radius 3 is 2.62 bits per heavy atom. The summed E-state index contributed by atoms with van der Waals surface area (Å²) in [6.45, 7) is 3.01. The number of hydrogen-bond donors (Lipinski definition) is 1. The van der Waals surface area contributed by atoms with E-state index in [2.05, 4.69) is 5.32 Å². The van der Waals surface area contributed by atoms with Gasteiger partial charge in [0.05, 0.1) is 7.11 Å². The van der Waals surface area contributed by atoms with Gasteiger partial charge in [-0.25, -0.2) is 0 Å². The molecule has 2 amide bonds. The third kappa shape index (κ3) is 3.97. The summed E-state index contributed by atoms with van der Waals surface area (Å²) in [6.07, 6.45) is 1.92. The summed E-state index contributed by atoms with van der Waals surface area (Å²) in [5, 5.41) is 2.81. The van der Waals surface area contributed by atoms with Crippen molar-refractivity contribution < 1.29 is 14.3 Å². The molecule has 1 saturated heterocycles. The van der Waals surface area contributed by atoms with E-state index in [9.17, 15) is 9.59 Å². The highest BCUT2D eigenvalue weighted by Crippen LogP contribution is 2.16. The number of amides is 2. The van der Waals surface area contributed by atoms with E-state index in [1.165, 1.54) is 0 Å². The summed E-state index contributed by atoms with van der Waals surface area (Å²) in [5.74, 6) is 0.763. The molecule has 1 N–H and O–H groups in total. The number of methoxy groups -OCH3 is 1. The monoisotopic (exact) mass is 290 g/mol. The normalized spacial score (nSPS) is 19.1. The molecule has 1 heterocycles. The molecule has 0 aromatic heterocycles. The maximum Gasteiger partial charge on any atom is 0.245 e. The molecule has 1 fully saturated rings. The molecule has 1 aliphatic rings. The first-order chi connectivity index (χ1) is 10.1. The number of nitrogens with zero attached hydrogens (tertiary/aromatic N) is 1. The van der Waals surface area contributed by atoms with Crippen molar-refractivity contribution in [3.8, 4) is 5.75 Å². The van der Waals surface area contributed by atoms with Gasteiger partial charge in [0, 0.05) is 19.5 Å². The van der Waals surface area contributed by atoms with Gasteiger partial charge in [0.25, 0.3) is 0 Å². The average molecular weight is 290 g/mol. The van der Waals surface area contributed by atoms with Crippen LogP contribution in [0.3, 0.4) is 0 Å². The molecule has 0 saturated carbocycles. The maximum atomic E-state index is 12.5. The molecule has 1 aliphatic heterocycles. The largest absolute Gasteiger partial charge is 0.497 e. The first kappa shape index (κ1) is 15.4. The molecule has 1 atom stereocenters. The number of hydrogen-bond acceptors (Lipinski definition) is 3. The van der Waals surface area contributed by atoms with Gasteiger partial charge in [-0.3, -0.25) is 9.59 Å². The van der Waals surface area contributed by atoms with E-state index in [1.54, 1.807) is 12.0 Å². The van der Waals surface area contributed by atoms with E-state index in [4.69, 9.17) is 4.74 Å². The van der Waals surface area contributed by atoms with Gasteiger partial charge in [0.15, 0.2) is 0 Å². The van der Waals surface area contributed by atoms with E-state index >= 15 is 0 Å². The minimum Gasteiger partial charge on any atom is -0.497 e. The maximum absolute atomic E-state index is 12.5. The van der Waals surface area contributed by atoms with Crippen LogP contribution in [0, 0.1) is 0 Å². The topological polar surface area (TPSA) is 58.6 Å². The summed E-state index contributed by atoms with van der Waals surface area (Å²) >= 11 is 0. The standard InChI is InChI=1S/C16H22N2O3/c1-3-4-14-16(20)18(10-9-15(19)17-14)11-12-5-7-13(21-2)8-6-12/h5-8,14H,3-4,9-11H2,1-2H3,(H,17,19). The second-order valence-electron chi connectivity index (χ2n) is 5.27. The Labute approximate surface area is 125 Å². The Balaban J connectivity index is 2.08. The van der Waals surface area contributed by atoms with Gasteiger partial charge >= 0.3 is 0 Å². The summed E-state index contributed by atoms with van der Waals surface area (Å²) < 4.78 is 5.13. The van der Waals surface area contributed by atoms with E-state index in [0.29, 0.717) is 25.9 Å². The van der Waals surface area contributed by atoms with Crippen molar-refractivity contribution in [2.75, 3.05) is 13.7 Å². The van der Waals surface area contributed by atoms with E-state index < -0.39 is 0 Å². The molecule has 0 aliphatic carbocycles. The van der Waals surface area contributed by atoms with Gasteiger partial charge in [-0.05, 0) is 24.1 Å². The lowest BCUT2D eigenvalue weighted by Gasteiger charge is -2.24. The first-order valence-corrected chi connectivity index (χ1v) is 7.35. The van der Waals surface area contributed by atoms with Gasteiger partial charge in [0.1, 0.15) is 11.8 Å². The second kappa shape index (κ2) is 7.11. The lowest BCUT2D eigenvalue weighted by Crippen LogP contribution is -2.44. The van der Waals surface area contributed by atoms with Crippen LogP contribution in [0.25, 0.3) is 0 Å². The number of ether oxygens (including phenoxy) is 1. The van der Waals surface area contributed by atoms with Crippen molar-refractivity contribution in [3.63, 3.8) is 0 Å². The fraction of sp³-hybridized carbons (Fsp3) is 0.500. The highest BCUT2D eigenvalue weighted by atomic mass is 16.5. The minimum atomic E-state index is -0.386. The predicted molar refractivity (Wildman–Crippen MR) is 79.9 cm³/mol. The van der Waals surface area contributed by atoms with Crippen molar-refractivity contribution in [1.29, 1.82) is 0 Å². The summed E-state index contributed by atoms with van der Waals surface area (Å²) in [7, 11) is 1.62. The lowest BCUT2D eigenvalue weighted by molar-refractivity contribution is -0.134. The zero-order valence-corrected chi connectivity index (χ0v) is 12.6. The van der Waals surface area contributed by atoms with E-state index in [0.717, 1.165) is 17.7 Å². The smallest absolute Gasteiger partial charge is 0.245 e. The third-order valence-electron chi connectivity index (χ3n) is 3.66. The number of carbonyl (C=O) groups excluding carboxylic acids is 2.